The molecule has 0 aliphatic carbocycles. The second-order valence-electron chi connectivity index (χ2n) is 7.46. The molecule has 0 saturated carbocycles. The van der Waals surface area contributed by atoms with E-state index in [0.717, 1.165) is 0 Å². The van der Waals surface area contributed by atoms with Crippen LogP contribution in [0.5, 0.6) is 0 Å². The van der Waals surface area contributed by atoms with E-state index < -0.39 is 40.2 Å². The summed E-state index contributed by atoms with van der Waals surface area (Å²) in [5, 5.41) is 23.5. The second-order valence-corrected chi connectivity index (χ2v) is 7.46. The van der Waals surface area contributed by atoms with Gasteiger partial charge in [0.25, 0.3) is 0 Å². The van der Waals surface area contributed by atoms with Gasteiger partial charge in [-0.3, -0.25) is 0 Å². The maximum absolute atomic E-state index is 12.9. The molecule has 3 rings (SSSR count). The highest BCUT2D eigenvalue weighted by atomic mass is 16.6. The molecule has 0 aromatic rings. The summed E-state index contributed by atoms with van der Waals surface area (Å²) in [6.45, 7) is 5.39. The van der Waals surface area contributed by atoms with Gasteiger partial charge in [-0.2, -0.15) is 0 Å². The van der Waals surface area contributed by atoms with Gasteiger partial charge in [-0.1, -0.05) is 13.0 Å². The number of hydroxylamine groups is 3. The molecule has 25 heavy (non-hydrogen) atoms. The zero-order chi connectivity index (χ0) is 18.4. The summed E-state index contributed by atoms with van der Waals surface area (Å²) in [5.74, 6) is -1.75. The number of allylic oxidation sites excluding steroid dienone is 1. The highest BCUT2D eigenvalue weighted by Gasteiger charge is 2.51. The maximum atomic E-state index is 12.9. The summed E-state index contributed by atoms with van der Waals surface area (Å²) >= 11 is 0. The molecule has 7 nitrogen and oxygen atoms in total. The second kappa shape index (κ2) is 6.23. The molecule has 0 amide bonds. The van der Waals surface area contributed by atoms with Crippen molar-refractivity contribution in [2.45, 2.75) is 51.4 Å². The predicted molar refractivity (Wildman–Crippen MR) is 88.9 cm³/mol. The fourth-order valence-corrected chi connectivity index (χ4v) is 3.91. The number of nitrogens with zero attached hydrogens (tertiary/aromatic N) is 1. The zero-order valence-electron chi connectivity index (χ0n) is 14.9. The van der Waals surface area contributed by atoms with Gasteiger partial charge in [0, 0.05) is 17.6 Å². The first-order valence-corrected chi connectivity index (χ1v) is 8.71. The molecular formula is C18H25NO6. The lowest BCUT2D eigenvalue weighted by Gasteiger charge is -2.41. The number of aliphatic hydroxyl groups is 1. The van der Waals surface area contributed by atoms with Gasteiger partial charge in [0.15, 0.2) is 17.7 Å². The third-order valence-electron chi connectivity index (χ3n) is 5.83. The van der Waals surface area contributed by atoms with Crippen LogP contribution in [0.25, 0.3) is 0 Å². The van der Waals surface area contributed by atoms with Crippen LogP contribution in [-0.2, 0) is 19.1 Å². The number of rotatable bonds is 0. The van der Waals surface area contributed by atoms with Crippen molar-refractivity contribution in [3.8, 4) is 0 Å². The van der Waals surface area contributed by atoms with E-state index in [1.807, 2.05) is 0 Å². The summed E-state index contributed by atoms with van der Waals surface area (Å²) < 4.78 is 10.5. The monoisotopic (exact) mass is 351 g/mol. The van der Waals surface area contributed by atoms with Gasteiger partial charge in [0.2, 0.25) is 0 Å². The van der Waals surface area contributed by atoms with Crippen LogP contribution in [0, 0.1) is 11.1 Å². The van der Waals surface area contributed by atoms with Crippen molar-refractivity contribution in [1.29, 1.82) is 0 Å². The minimum Gasteiger partial charge on any atom is -0.632 e. The summed E-state index contributed by atoms with van der Waals surface area (Å²) in [6.07, 6.45) is 3.57. The average molecular weight is 351 g/mol. The van der Waals surface area contributed by atoms with Gasteiger partial charge in [0.05, 0.1) is 13.1 Å². The van der Waals surface area contributed by atoms with Crippen LogP contribution >= 0.6 is 0 Å². The summed E-state index contributed by atoms with van der Waals surface area (Å²) in [5.41, 5.74) is -0.670. The summed E-state index contributed by atoms with van der Waals surface area (Å²) in [6, 6.07) is -0.531. The molecule has 0 aromatic carbocycles. The van der Waals surface area contributed by atoms with Crippen molar-refractivity contribution >= 4 is 11.9 Å². The molecule has 2 saturated heterocycles. The highest BCUT2D eigenvalue weighted by molar-refractivity contribution is 5.89. The number of ether oxygens (including phenoxy) is 2. The van der Waals surface area contributed by atoms with Crippen LogP contribution < -0.4 is 0 Å². The van der Waals surface area contributed by atoms with Crippen LogP contribution in [0.1, 0.15) is 33.6 Å². The summed E-state index contributed by atoms with van der Waals surface area (Å²) in [7, 11) is 0. The molecule has 138 valence electrons. The number of esters is 2. The first-order chi connectivity index (χ1) is 11.7. The Balaban J connectivity index is 1.94. The van der Waals surface area contributed by atoms with Gasteiger partial charge in [-0.25, -0.2) is 9.59 Å². The van der Waals surface area contributed by atoms with E-state index in [2.05, 4.69) is 0 Å². The molecule has 3 aliphatic rings. The molecule has 0 spiro atoms. The number of hydrogen-bond acceptors (Lipinski definition) is 6. The van der Waals surface area contributed by atoms with Gasteiger partial charge in [0.1, 0.15) is 6.61 Å². The Morgan fingerprint density at radius 1 is 1.44 bits per heavy atom. The number of cyclic esters (lactones) is 1. The Bertz CT molecular complexity index is 652. The predicted octanol–water partition coefficient (Wildman–Crippen LogP) is 1.21. The Morgan fingerprint density at radius 3 is 2.84 bits per heavy atom. The first-order valence-electron chi connectivity index (χ1n) is 8.71. The Labute approximate surface area is 147 Å². The van der Waals surface area contributed by atoms with Gasteiger partial charge in [-0.05, 0) is 32.3 Å². The van der Waals surface area contributed by atoms with E-state index in [4.69, 9.17) is 9.47 Å². The third kappa shape index (κ3) is 3.01. The average Bonchev–Trinajstić information content (AvgIpc) is 3.05. The molecule has 5 atom stereocenters. The van der Waals surface area contributed by atoms with Crippen LogP contribution in [0.3, 0.4) is 0 Å². The Morgan fingerprint density at radius 2 is 2.16 bits per heavy atom. The Kier molecular flexibility index (Phi) is 4.51. The van der Waals surface area contributed by atoms with E-state index in [1.54, 1.807) is 26.0 Å². The standard InChI is InChI=1S/C18H25NO6/c1-4-12-9-11(2)18(3,22)17(21)24-10-13-5-7-19(23)8-6-14(15(13)19)25-16(12)20/h4-5,11,14-15,22H,6-10H2,1-3H3/b12-4-/t11-,14-,15-,18?,19?/m1/s1. The molecule has 3 heterocycles. The van der Waals surface area contributed by atoms with Crippen molar-refractivity contribution in [2.24, 2.45) is 5.92 Å². The van der Waals surface area contributed by atoms with Crippen molar-refractivity contribution in [2.75, 3.05) is 19.7 Å². The fourth-order valence-electron chi connectivity index (χ4n) is 3.91. The Hall–Kier alpha value is -1.70. The molecule has 7 heteroatoms. The highest BCUT2D eigenvalue weighted by Crippen LogP contribution is 2.39. The lowest BCUT2D eigenvalue weighted by atomic mass is 9.85. The molecular weight excluding hydrogens is 326 g/mol. The molecule has 0 aromatic heterocycles. The SMILES string of the molecule is C/C=C1/C[C@@H](C)C(C)(O)C(=O)OCC2=CC[N+]3([O-])CC[C@@H](OC1=O)[C@@H]23. The number of hydrogen-bond donors (Lipinski definition) is 1. The molecule has 0 radical (unpaired) electrons. The molecule has 2 unspecified atom stereocenters. The van der Waals surface area contributed by atoms with Crippen LogP contribution in [0.4, 0.5) is 0 Å². The number of quaternary nitrogens is 1. The van der Waals surface area contributed by atoms with Crippen LogP contribution in [0.2, 0.25) is 0 Å². The van der Waals surface area contributed by atoms with E-state index in [9.17, 15) is 19.9 Å². The minimum absolute atomic E-state index is 0.0564. The maximum Gasteiger partial charge on any atom is 0.338 e. The van der Waals surface area contributed by atoms with Crippen molar-refractivity contribution in [1.82, 2.24) is 0 Å². The lowest BCUT2D eigenvalue weighted by molar-refractivity contribution is -0.877. The molecule has 1 N–H and O–H groups in total. The van der Waals surface area contributed by atoms with Crippen LogP contribution in [0.15, 0.2) is 23.3 Å². The summed E-state index contributed by atoms with van der Waals surface area (Å²) in [4.78, 5) is 24.9. The topological polar surface area (TPSA) is 95.9 Å². The zero-order valence-corrected chi connectivity index (χ0v) is 14.9. The number of carbonyl (C=O) groups excluding carboxylic acids is 2. The van der Waals surface area contributed by atoms with Gasteiger partial charge < -0.3 is 24.4 Å². The largest absolute Gasteiger partial charge is 0.632 e. The molecule has 3 aliphatic heterocycles. The fraction of sp³-hybridized carbons (Fsp3) is 0.667. The van der Waals surface area contributed by atoms with E-state index in [1.165, 1.54) is 6.92 Å². The smallest absolute Gasteiger partial charge is 0.338 e. The minimum atomic E-state index is -1.73. The van der Waals surface area contributed by atoms with E-state index >= 15 is 0 Å². The van der Waals surface area contributed by atoms with Crippen LogP contribution in [-0.4, -0.2) is 59.1 Å². The van der Waals surface area contributed by atoms with Gasteiger partial charge in [-0.15, -0.1) is 0 Å². The van der Waals surface area contributed by atoms with E-state index in [0.29, 0.717) is 24.1 Å². The third-order valence-corrected chi connectivity index (χ3v) is 5.83. The van der Waals surface area contributed by atoms with E-state index in [-0.39, 0.29) is 19.6 Å². The quantitative estimate of drug-likeness (QED) is 0.232. The van der Waals surface area contributed by atoms with Crippen molar-refractivity contribution < 1.29 is 28.8 Å². The number of carbonyl (C=O) groups is 2. The lowest BCUT2D eigenvalue weighted by Crippen LogP contribution is -2.49. The van der Waals surface area contributed by atoms with Crippen molar-refractivity contribution in [3.05, 3.63) is 28.5 Å². The van der Waals surface area contributed by atoms with Gasteiger partial charge >= 0.3 is 11.9 Å². The van der Waals surface area contributed by atoms with Crippen molar-refractivity contribution in [3.63, 3.8) is 0 Å². The normalized spacial score (nSPS) is 43.6. The molecule has 0 bridgehead atoms. The first kappa shape index (κ1) is 18.1. The molecule has 2 fully saturated rings.